The molecule has 0 radical (unpaired) electrons. The maximum atomic E-state index is 11.7. The Balaban J connectivity index is 0.000000215. The number of benzene rings is 2. The Bertz CT molecular complexity index is 1690. The van der Waals surface area contributed by atoms with Gasteiger partial charge in [0.05, 0.1) is 51.8 Å². The first-order chi connectivity index (χ1) is 24.7. The van der Waals surface area contributed by atoms with Gasteiger partial charge in [-0.3, -0.25) is 4.99 Å². The van der Waals surface area contributed by atoms with Crippen molar-refractivity contribution >= 4 is 99.4 Å². The highest BCUT2D eigenvalue weighted by atomic mass is 33.1. The molecule has 3 atom stereocenters. The molecule has 0 amide bonds. The lowest BCUT2D eigenvalue weighted by atomic mass is 10.3. The predicted octanol–water partition coefficient (Wildman–Crippen LogP) is -1.23. The molecule has 51 heavy (non-hydrogen) atoms. The number of esters is 3. The van der Waals surface area contributed by atoms with E-state index in [2.05, 4.69) is 32.5 Å². The lowest BCUT2D eigenvalue weighted by Crippen LogP contribution is -2.67. The predicted molar refractivity (Wildman–Crippen MR) is 198 cm³/mol. The zero-order valence-corrected chi connectivity index (χ0v) is 31.4. The largest absolute Gasteiger partial charge is 0.462 e. The molecule has 1 aliphatic heterocycles. The summed E-state index contributed by atoms with van der Waals surface area (Å²) in [6.45, 7) is -0.619. The summed E-state index contributed by atoms with van der Waals surface area (Å²) in [6.07, 6.45) is 0. The van der Waals surface area contributed by atoms with Crippen LogP contribution in [0.3, 0.4) is 0 Å². The molecule has 0 spiro atoms. The molecule has 0 saturated heterocycles. The molecular formula is C31H39N6O9S5+3. The number of aromatic nitrogens is 2. The third kappa shape index (κ3) is 14.3. The van der Waals surface area contributed by atoms with Crippen molar-refractivity contribution in [1.29, 1.82) is 0 Å². The van der Waals surface area contributed by atoms with Gasteiger partial charge >= 0.3 is 24.0 Å². The van der Waals surface area contributed by atoms with Crippen molar-refractivity contribution in [3.63, 3.8) is 0 Å². The molecule has 0 saturated carbocycles. The number of hydrogen-bond donors (Lipinski definition) is 6. The minimum atomic E-state index is -0.524. The average molecular weight is 800 g/mol. The van der Waals surface area contributed by atoms with Gasteiger partial charge in [-0.25, -0.2) is 24.4 Å². The van der Waals surface area contributed by atoms with E-state index in [9.17, 15) is 14.4 Å². The fourth-order valence-electron chi connectivity index (χ4n) is 3.67. The number of nitrogens with zero attached hydrogens (tertiary/aromatic N) is 3. The third-order valence-electron chi connectivity index (χ3n) is 6.10. The minimum absolute atomic E-state index is 0.0198. The second-order valence-corrected chi connectivity index (χ2v) is 15.6. The van der Waals surface area contributed by atoms with E-state index in [0.717, 1.165) is 30.5 Å². The number of ether oxygens (including phenoxy) is 3. The highest BCUT2D eigenvalue weighted by Crippen LogP contribution is 2.30. The molecule has 5 rings (SSSR count). The van der Waals surface area contributed by atoms with Crippen LogP contribution in [0.4, 0.5) is 0 Å². The van der Waals surface area contributed by atoms with E-state index in [-0.39, 0.29) is 45.6 Å². The lowest BCUT2D eigenvalue weighted by molar-refractivity contribution is -0.401. The maximum Gasteiger partial charge on any atom is 0.365 e. The first-order valence-corrected chi connectivity index (χ1v) is 20.4. The zero-order chi connectivity index (χ0) is 37.0. The summed E-state index contributed by atoms with van der Waals surface area (Å²) in [5.41, 5.74) is 9.21. The van der Waals surface area contributed by atoms with Crippen LogP contribution >= 0.6 is 56.0 Å². The monoisotopic (exact) mass is 799 g/mol. The fourth-order valence-corrected chi connectivity index (χ4v) is 8.85. The van der Waals surface area contributed by atoms with Crippen molar-refractivity contribution in [3.8, 4) is 6.07 Å². The van der Waals surface area contributed by atoms with Crippen molar-refractivity contribution in [2.75, 3.05) is 56.9 Å². The van der Waals surface area contributed by atoms with Crippen molar-refractivity contribution in [3.05, 3.63) is 58.5 Å². The van der Waals surface area contributed by atoms with E-state index in [1.54, 1.807) is 11.3 Å². The summed E-state index contributed by atoms with van der Waals surface area (Å²) < 4.78 is 16.6. The molecule has 2 unspecified atom stereocenters. The first kappa shape index (κ1) is 42.1. The molecule has 2 aromatic carbocycles. The number of aliphatic hydroxyl groups is 3. The van der Waals surface area contributed by atoms with Gasteiger partial charge in [0.25, 0.3) is 0 Å². The van der Waals surface area contributed by atoms with E-state index in [1.807, 2.05) is 48.5 Å². The Morgan fingerprint density at radius 1 is 0.824 bits per heavy atom. The lowest BCUT2D eigenvalue weighted by Gasteiger charge is -2.09. The molecule has 274 valence electrons. The summed E-state index contributed by atoms with van der Waals surface area (Å²) in [6, 6.07) is 16.5. The number of quaternary nitrogens is 2. The van der Waals surface area contributed by atoms with Crippen LogP contribution in [0.15, 0.2) is 53.5 Å². The van der Waals surface area contributed by atoms with Crippen LogP contribution in [0.5, 0.6) is 0 Å². The van der Waals surface area contributed by atoms with Crippen LogP contribution < -0.4 is 16.7 Å². The van der Waals surface area contributed by atoms with Crippen molar-refractivity contribution in [2.45, 2.75) is 18.1 Å². The SMILES string of the molecule is O=C(OCCO)[C@H]1CSC(c2nc3ccccc3s2)=N1.[NH+]#Cc1nc2ccccc2s1.[NH3+]C(CSSCC([NH3+])C(=O)OCCO)C(=O)OCCO. The maximum absolute atomic E-state index is 11.7. The Morgan fingerprint density at radius 2 is 1.33 bits per heavy atom. The highest BCUT2D eigenvalue weighted by molar-refractivity contribution is 8.76. The van der Waals surface area contributed by atoms with Crippen LogP contribution in [-0.2, 0) is 28.6 Å². The number of thiazole rings is 2. The van der Waals surface area contributed by atoms with Gasteiger partial charge in [0.15, 0.2) is 18.1 Å². The zero-order valence-electron chi connectivity index (χ0n) is 27.3. The van der Waals surface area contributed by atoms with Crippen LogP contribution in [0, 0.1) is 6.07 Å². The molecule has 0 aliphatic carbocycles. The summed E-state index contributed by atoms with van der Waals surface area (Å²) >= 11 is 4.57. The highest BCUT2D eigenvalue weighted by Gasteiger charge is 2.28. The second kappa shape index (κ2) is 23.3. The van der Waals surface area contributed by atoms with Gasteiger partial charge in [-0.2, -0.15) is 0 Å². The van der Waals surface area contributed by atoms with Gasteiger partial charge in [-0.1, -0.05) is 62.5 Å². The van der Waals surface area contributed by atoms with Crippen molar-refractivity contribution < 1.29 is 60.6 Å². The van der Waals surface area contributed by atoms with E-state index in [1.165, 1.54) is 44.7 Å². The summed E-state index contributed by atoms with van der Waals surface area (Å²) in [5.74, 6) is 0.139. The van der Waals surface area contributed by atoms with Gasteiger partial charge in [-0.05, 0) is 24.3 Å². The molecule has 20 heteroatoms. The topological polar surface area (TPSA) is 257 Å². The van der Waals surface area contributed by atoms with Crippen LogP contribution in [0.2, 0.25) is 0 Å². The molecule has 3 heterocycles. The first-order valence-electron chi connectivity index (χ1n) is 15.3. The van der Waals surface area contributed by atoms with Gasteiger partial charge in [0.1, 0.15) is 29.9 Å². The number of rotatable bonds is 15. The standard InChI is InChI=1S/C13H12N2O3S2.C10H20N2O6S2.C8H4N2S/c16-5-6-18-13(17)9-7-19-11(15-9)12-14-8-3-1-2-4-10(8)20-12;11-7(9(15)17-3-1-13)5-19-20-6-8(12)10(16)18-4-2-14;9-5-8-10-6-3-1-2-4-7(6)11-8/h1-4,9,16H,5-7H2;7-8,13-14H,1-6,11-12H2;1-4H/p+3/t9-;;/m1../s1. The Morgan fingerprint density at radius 3 is 1.84 bits per heavy atom. The van der Waals surface area contributed by atoms with Crippen molar-refractivity contribution in [2.24, 2.45) is 4.99 Å². The van der Waals surface area contributed by atoms with E-state index in [0.29, 0.717) is 22.3 Å². The van der Waals surface area contributed by atoms with E-state index >= 15 is 0 Å². The molecule has 0 bridgehead atoms. The van der Waals surface area contributed by atoms with Crippen molar-refractivity contribution in [1.82, 2.24) is 9.97 Å². The molecular weight excluding hydrogens is 761 g/mol. The van der Waals surface area contributed by atoms with Crippen LogP contribution in [0.25, 0.3) is 20.4 Å². The Labute approximate surface area is 313 Å². The number of hydrogen-bond acceptors (Lipinski definition) is 17. The second-order valence-electron chi connectivity index (χ2n) is 10.00. The summed E-state index contributed by atoms with van der Waals surface area (Å²) in [4.78, 5) is 47.4. The van der Waals surface area contributed by atoms with Gasteiger partial charge < -0.3 is 41.0 Å². The number of aliphatic hydroxyl groups excluding tert-OH is 3. The molecule has 15 nitrogen and oxygen atoms in total. The number of thioether (sulfide) groups is 1. The number of fused-ring (bicyclic) bond motifs is 2. The van der Waals surface area contributed by atoms with E-state index in [4.69, 9.17) is 34.8 Å². The molecule has 2 aromatic heterocycles. The van der Waals surface area contributed by atoms with Gasteiger partial charge in [0.2, 0.25) is 5.01 Å². The fraction of sp³-hybridized carbons (Fsp3) is 0.387. The summed E-state index contributed by atoms with van der Waals surface area (Å²) in [5, 5.41) is 34.8. The van der Waals surface area contributed by atoms with Crippen LogP contribution in [0.1, 0.15) is 10.0 Å². The normalized spacial score (nSPS) is 14.6. The third-order valence-corrected chi connectivity index (χ3v) is 11.8. The smallest absolute Gasteiger partial charge is 0.365 e. The number of nitrogens with one attached hydrogen (secondary N) is 1. The number of aliphatic imine (C=N–C) groups is 1. The minimum Gasteiger partial charge on any atom is -0.462 e. The van der Waals surface area contributed by atoms with Gasteiger partial charge in [-0.15, -0.1) is 23.1 Å². The Kier molecular flexibility index (Phi) is 19.2. The number of carbonyl (C=O) groups is 3. The summed E-state index contributed by atoms with van der Waals surface area (Å²) in [7, 11) is 2.77. The number of carbonyl (C=O) groups excluding carboxylic acids is 3. The molecule has 0 fully saturated rings. The number of para-hydroxylation sites is 2. The Hall–Kier alpha value is -3.36. The van der Waals surface area contributed by atoms with Crippen LogP contribution in [-0.4, -0.2) is 123 Å². The van der Waals surface area contributed by atoms with E-state index < -0.39 is 30.1 Å². The molecule has 1 aliphatic rings. The quantitative estimate of drug-likeness (QED) is 0.0357. The average Bonchev–Trinajstić information content (AvgIpc) is 3.92. The van der Waals surface area contributed by atoms with Gasteiger partial charge in [0, 0.05) is 5.75 Å². The molecule has 4 aromatic rings. The molecule has 10 N–H and O–H groups in total.